The molecule has 0 saturated carbocycles. The average Bonchev–Trinajstić information content (AvgIpc) is 2.38. The van der Waals surface area contributed by atoms with Crippen molar-refractivity contribution < 1.29 is 14.7 Å². The predicted molar refractivity (Wildman–Crippen MR) is 73.0 cm³/mol. The van der Waals surface area contributed by atoms with Crippen LogP contribution >= 0.6 is 0 Å². The number of carbonyl (C=O) groups excluding carboxylic acids is 1. The molecule has 0 atom stereocenters. The van der Waals surface area contributed by atoms with Crippen molar-refractivity contribution >= 4 is 11.9 Å². The van der Waals surface area contributed by atoms with E-state index in [-0.39, 0.29) is 12.3 Å². The van der Waals surface area contributed by atoms with E-state index in [2.05, 4.69) is 10.2 Å². The molecule has 0 unspecified atom stereocenters. The van der Waals surface area contributed by atoms with Gasteiger partial charge in [0.15, 0.2) is 0 Å². The minimum absolute atomic E-state index is 0.0554. The third kappa shape index (κ3) is 4.47. The number of rotatable bonds is 6. The van der Waals surface area contributed by atoms with Crippen LogP contribution in [0.15, 0.2) is 0 Å². The number of carboxylic acid groups (broad SMARTS) is 1. The summed E-state index contributed by atoms with van der Waals surface area (Å²) in [6.07, 6.45) is 0.598. The Labute approximate surface area is 114 Å². The summed E-state index contributed by atoms with van der Waals surface area (Å²) in [6, 6.07) is 0. The Kier molecular flexibility index (Phi) is 5.75. The van der Waals surface area contributed by atoms with Gasteiger partial charge in [-0.15, -0.1) is 0 Å². The van der Waals surface area contributed by atoms with Gasteiger partial charge in [0, 0.05) is 46.2 Å². The van der Waals surface area contributed by atoms with E-state index in [0.29, 0.717) is 13.0 Å². The van der Waals surface area contributed by atoms with E-state index >= 15 is 0 Å². The van der Waals surface area contributed by atoms with Crippen LogP contribution in [0.4, 0.5) is 0 Å². The van der Waals surface area contributed by atoms with Crippen LogP contribution in [0, 0.1) is 0 Å². The lowest BCUT2D eigenvalue weighted by atomic mass is 9.99. The zero-order valence-corrected chi connectivity index (χ0v) is 12.1. The van der Waals surface area contributed by atoms with E-state index in [4.69, 9.17) is 5.11 Å². The van der Waals surface area contributed by atoms with Crippen LogP contribution in [-0.2, 0) is 9.59 Å². The molecule has 1 fully saturated rings. The fourth-order valence-corrected chi connectivity index (χ4v) is 2.40. The Hall–Kier alpha value is -1.14. The number of amides is 1. The van der Waals surface area contributed by atoms with Gasteiger partial charge in [0.2, 0.25) is 5.91 Å². The standard InChI is InChI=1S/C13H25N3O3/c1-13(2,16-9-6-14-7-10-16)12(19)15(3)8-4-5-11(17)18/h14H,4-10H2,1-3H3,(H,17,18). The molecule has 1 aliphatic rings. The summed E-state index contributed by atoms with van der Waals surface area (Å²) in [7, 11) is 1.74. The van der Waals surface area contributed by atoms with E-state index in [1.54, 1.807) is 11.9 Å². The minimum atomic E-state index is -0.817. The van der Waals surface area contributed by atoms with Crippen molar-refractivity contribution in [2.24, 2.45) is 0 Å². The molecule has 19 heavy (non-hydrogen) atoms. The number of nitrogens with one attached hydrogen (secondary N) is 1. The van der Waals surface area contributed by atoms with Crippen molar-refractivity contribution in [1.82, 2.24) is 15.1 Å². The molecule has 0 radical (unpaired) electrons. The van der Waals surface area contributed by atoms with Gasteiger partial charge in [-0.3, -0.25) is 14.5 Å². The molecule has 0 aliphatic carbocycles. The topological polar surface area (TPSA) is 72.9 Å². The van der Waals surface area contributed by atoms with Gasteiger partial charge in [0.25, 0.3) is 0 Å². The number of hydrogen-bond donors (Lipinski definition) is 2. The van der Waals surface area contributed by atoms with Crippen molar-refractivity contribution in [1.29, 1.82) is 0 Å². The second-order valence-corrected chi connectivity index (χ2v) is 5.52. The van der Waals surface area contributed by atoms with Crippen molar-refractivity contribution in [2.75, 3.05) is 39.8 Å². The van der Waals surface area contributed by atoms with Crippen molar-refractivity contribution in [3.05, 3.63) is 0 Å². The van der Waals surface area contributed by atoms with Crippen LogP contribution in [0.2, 0.25) is 0 Å². The van der Waals surface area contributed by atoms with E-state index in [0.717, 1.165) is 26.2 Å². The fraction of sp³-hybridized carbons (Fsp3) is 0.846. The van der Waals surface area contributed by atoms with E-state index in [9.17, 15) is 9.59 Å². The molecule has 1 amide bonds. The predicted octanol–water partition coefficient (Wildman–Crippen LogP) is -0.00660. The number of aliphatic carboxylic acids is 1. The summed E-state index contributed by atoms with van der Waals surface area (Å²) in [5, 5.41) is 11.9. The first-order chi connectivity index (χ1) is 8.85. The summed E-state index contributed by atoms with van der Waals surface area (Å²) in [4.78, 5) is 26.8. The molecule has 0 aromatic rings. The molecule has 1 heterocycles. The summed E-state index contributed by atoms with van der Waals surface area (Å²) in [5.74, 6) is -0.762. The number of likely N-dealkylation sites (N-methyl/N-ethyl adjacent to an activating group) is 1. The molecule has 1 saturated heterocycles. The Morgan fingerprint density at radius 2 is 1.89 bits per heavy atom. The van der Waals surface area contributed by atoms with E-state index in [1.807, 2.05) is 13.8 Å². The highest BCUT2D eigenvalue weighted by molar-refractivity contribution is 5.85. The van der Waals surface area contributed by atoms with Gasteiger partial charge in [-0.05, 0) is 20.3 Å². The van der Waals surface area contributed by atoms with Crippen LogP contribution in [-0.4, -0.2) is 72.1 Å². The average molecular weight is 271 g/mol. The zero-order valence-electron chi connectivity index (χ0n) is 12.1. The molecule has 0 spiro atoms. The Bertz CT molecular complexity index is 325. The largest absolute Gasteiger partial charge is 0.481 e. The molecule has 0 aromatic heterocycles. The monoisotopic (exact) mass is 271 g/mol. The molecule has 110 valence electrons. The summed E-state index contributed by atoms with van der Waals surface area (Å²) in [5.41, 5.74) is -0.528. The molecule has 1 aliphatic heterocycles. The van der Waals surface area contributed by atoms with Crippen LogP contribution in [0.3, 0.4) is 0 Å². The van der Waals surface area contributed by atoms with Crippen LogP contribution in [0.5, 0.6) is 0 Å². The molecule has 0 aromatic carbocycles. The lowest BCUT2D eigenvalue weighted by molar-refractivity contribution is -0.143. The third-order valence-corrected chi connectivity index (χ3v) is 3.66. The lowest BCUT2D eigenvalue weighted by Gasteiger charge is -2.41. The second-order valence-electron chi connectivity index (χ2n) is 5.52. The quantitative estimate of drug-likeness (QED) is 0.711. The molecule has 6 heteroatoms. The first-order valence-corrected chi connectivity index (χ1v) is 6.79. The first kappa shape index (κ1) is 15.9. The van der Waals surface area contributed by atoms with Gasteiger partial charge >= 0.3 is 5.97 Å². The molecule has 0 bridgehead atoms. The maximum absolute atomic E-state index is 12.5. The molecule has 6 nitrogen and oxygen atoms in total. The summed E-state index contributed by atoms with van der Waals surface area (Å²) in [6.45, 7) is 7.89. The fourth-order valence-electron chi connectivity index (χ4n) is 2.40. The maximum atomic E-state index is 12.5. The molecular formula is C13H25N3O3. The highest BCUT2D eigenvalue weighted by Crippen LogP contribution is 2.18. The van der Waals surface area contributed by atoms with Crippen molar-refractivity contribution in [2.45, 2.75) is 32.2 Å². The lowest BCUT2D eigenvalue weighted by Crippen LogP contribution is -2.60. The summed E-state index contributed by atoms with van der Waals surface area (Å²) >= 11 is 0. The normalized spacial score (nSPS) is 17.2. The highest BCUT2D eigenvalue weighted by atomic mass is 16.4. The summed E-state index contributed by atoms with van der Waals surface area (Å²) < 4.78 is 0. The number of piperazine rings is 1. The van der Waals surface area contributed by atoms with Gasteiger partial charge in [-0.2, -0.15) is 0 Å². The number of carboxylic acids is 1. The van der Waals surface area contributed by atoms with Crippen LogP contribution in [0.1, 0.15) is 26.7 Å². The molecular weight excluding hydrogens is 246 g/mol. The van der Waals surface area contributed by atoms with E-state index < -0.39 is 11.5 Å². The number of carbonyl (C=O) groups is 2. The van der Waals surface area contributed by atoms with Crippen LogP contribution < -0.4 is 5.32 Å². The Morgan fingerprint density at radius 1 is 1.32 bits per heavy atom. The highest BCUT2D eigenvalue weighted by Gasteiger charge is 2.36. The SMILES string of the molecule is CN(CCCC(=O)O)C(=O)C(C)(C)N1CCNCC1. The van der Waals surface area contributed by atoms with Crippen molar-refractivity contribution in [3.63, 3.8) is 0 Å². The molecule has 1 rings (SSSR count). The van der Waals surface area contributed by atoms with Crippen LogP contribution in [0.25, 0.3) is 0 Å². The van der Waals surface area contributed by atoms with Gasteiger partial charge < -0.3 is 15.3 Å². The Morgan fingerprint density at radius 3 is 2.42 bits per heavy atom. The maximum Gasteiger partial charge on any atom is 0.303 e. The van der Waals surface area contributed by atoms with E-state index in [1.165, 1.54) is 0 Å². The second kappa shape index (κ2) is 6.86. The zero-order chi connectivity index (χ0) is 14.5. The van der Waals surface area contributed by atoms with Gasteiger partial charge in [0.05, 0.1) is 5.54 Å². The first-order valence-electron chi connectivity index (χ1n) is 6.79. The third-order valence-electron chi connectivity index (χ3n) is 3.66. The molecule has 2 N–H and O–H groups in total. The number of hydrogen-bond acceptors (Lipinski definition) is 4. The minimum Gasteiger partial charge on any atom is -0.481 e. The van der Waals surface area contributed by atoms with Crippen molar-refractivity contribution in [3.8, 4) is 0 Å². The van der Waals surface area contributed by atoms with Gasteiger partial charge in [-0.25, -0.2) is 0 Å². The smallest absolute Gasteiger partial charge is 0.303 e. The van der Waals surface area contributed by atoms with Gasteiger partial charge in [0.1, 0.15) is 0 Å². The number of nitrogens with zero attached hydrogens (tertiary/aromatic N) is 2. The Balaban J connectivity index is 2.50. The van der Waals surface area contributed by atoms with Gasteiger partial charge in [-0.1, -0.05) is 0 Å².